The molecule has 0 unspecified atom stereocenters. The quantitative estimate of drug-likeness (QED) is 0.682. The Morgan fingerprint density at radius 1 is 1.04 bits per heavy atom. The maximum atomic E-state index is 12.5. The summed E-state index contributed by atoms with van der Waals surface area (Å²) in [4.78, 5) is 12.7. The summed E-state index contributed by atoms with van der Waals surface area (Å²) in [5.41, 5.74) is 0. The van der Waals surface area contributed by atoms with E-state index < -0.39 is 9.84 Å². The van der Waals surface area contributed by atoms with E-state index in [4.69, 9.17) is 0 Å². The van der Waals surface area contributed by atoms with Crippen molar-refractivity contribution in [3.63, 3.8) is 0 Å². The maximum absolute atomic E-state index is 12.5. The molecule has 0 aliphatic carbocycles. The van der Waals surface area contributed by atoms with Crippen LogP contribution in [0.5, 0.6) is 0 Å². The van der Waals surface area contributed by atoms with E-state index in [2.05, 4.69) is 17.6 Å². The number of sulfone groups is 1. The first-order chi connectivity index (χ1) is 11.1. The van der Waals surface area contributed by atoms with Crippen molar-refractivity contribution in [2.45, 2.75) is 22.4 Å². The molecule has 1 amide bonds. The maximum Gasteiger partial charge on any atom is 0.261 e. The Morgan fingerprint density at radius 2 is 1.75 bits per heavy atom. The van der Waals surface area contributed by atoms with E-state index in [1.807, 2.05) is 0 Å². The third-order valence-corrected chi connectivity index (χ3v) is 6.48. The molecule has 2 N–H and O–H groups in total. The van der Waals surface area contributed by atoms with Crippen molar-refractivity contribution in [1.82, 2.24) is 10.6 Å². The number of thiophene rings is 1. The smallest absolute Gasteiger partial charge is 0.261 e. The van der Waals surface area contributed by atoms with Crippen molar-refractivity contribution < 1.29 is 13.2 Å². The number of hydrogen-bond acceptors (Lipinski definition) is 5. The number of carbonyl (C=O) groups is 1. The molecule has 0 radical (unpaired) electrons. The van der Waals surface area contributed by atoms with Crippen LogP contribution < -0.4 is 10.6 Å². The Hall–Kier alpha value is -1.41. The second-order valence-corrected chi connectivity index (χ2v) is 8.20. The molecule has 0 aliphatic rings. The Morgan fingerprint density at radius 3 is 2.42 bits per heavy atom. The van der Waals surface area contributed by atoms with Gasteiger partial charge in [-0.1, -0.05) is 25.1 Å². The molecule has 1 aromatic carbocycles. The molecule has 0 saturated heterocycles. The lowest BCUT2D eigenvalue weighted by Crippen LogP contribution is -2.31. The number of amides is 1. The molecular weight excluding hydrogens is 368 g/mol. The molecule has 0 aliphatic heterocycles. The van der Waals surface area contributed by atoms with Crippen molar-refractivity contribution in [2.24, 2.45) is 0 Å². The van der Waals surface area contributed by atoms with Crippen LogP contribution in [0.25, 0.3) is 0 Å². The van der Waals surface area contributed by atoms with Gasteiger partial charge in [0.05, 0.1) is 9.77 Å². The van der Waals surface area contributed by atoms with E-state index >= 15 is 0 Å². The predicted octanol–water partition coefficient (Wildman–Crippen LogP) is 2.73. The van der Waals surface area contributed by atoms with E-state index in [9.17, 15) is 13.2 Å². The van der Waals surface area contributed by atoms with Gasteiger partial charge in [-0.2, -0.15) is 0 Å². The third kappa shape index (κ3) is 5.31. The normalized spacial score (nSPS) is 10.9. The first-order valence-electron chi connectivity index (χ1n) is 7.44. The lowest BCUT2D eigenvalue weighted by Gasteiger charge is -2.04. The first-order valence-corrected chi connectivity index (χ1v) is 9.74. The van der Waals surface area contributed by atoms with Gasteiger partial charge in [-0.15, -0.1) is 23.7 Å². The van der Waals surface area contributed by atoms with Gasteiger partial charge in [-0.25, -0.2) is 8.42 Å². The van der Waals surface area contributed by atoms with Crippen LogP contribution in [0.15, 0.2) is 51.6 Å². The van der Waals surface area contributed by atoms with Crippen molar-refractivity contribution in [3.05, 3.63) is 47.3 Å². The summed E-state index contributed by atoms with van der Waals surface area (Å²) in [6, 6.07) is 11.3. The van der Waals surface area contributed by atoms with Gasteiger partial charge in [0.2, 0.25) is 9.84 Å². The fourth-order valence-corrected chi connectivity index (χ4v) is 4.60. The second-order valence-electron chi connectivity index (χ2n) is 4.94. The minimum Gasteiger partial charge on any atom is -0.350 e. The van der Waals surface area contributed by atoms with Crippen molar-refractivity contribution in [1.29, 1.82) is 0 Å². The minimum absolute atomic E-state index is 0. The molecular formula is C16H21ClN2O3S2. The van der Waals surface area contributed by atoms with Crippen molar-refractivity contribution in [2.75, 3.05) is 19.6 Å². The largest absolute Gasteiger partial charge is 0.350 e. The minimum atomic E-state index is -3.56. The summed E-state index contributed by atoms with van der Waals surface area (Å²) >= 11 is 0.991. The fourth-order valence-electron chi connectivity index (χ4n) is 1.96. The van der Waals surface area contributed by atoms with Gasteiger partial charge in [0.15, 0.2) is 0 Å². The highest BCUT2D eigenvalue weighted by molar-refractivity contribution is 7.93. The summed E-state index contributed by atoms with van der Waals surface area (Å²) < 4.78 is 25.1. The highest BCUT2D eigenvalue weighted by Gasteiger charge is 2.21. The molecule has 0 atom stereocenters. The van der Waals surface area contributed by atoms with Crippen LogP contribution in [0.4, 0.5) is 0 Å². The van der Waals surface area contributed by atoms with Crippen LogP contribution in [-0.2, 0) is 9.84 Å². The zero-order valence-corrected chi connectivity index (χ0v) is 15.8. The van der Waals surface area contributed by atoms with Crippen LogP contribution >= 0.6 is 23.7 Å². The fraction of sp³-hybridized carbons (Fsp3) is 0.312. The van der Waals surface area contributed by atoms with Crippen LogP contribution in [0, 0.1) is 0 Å². The van der Waals surface area contributed by atoms with E-state index in [0.717, 1.165) is 24.3 Å². The summed E-state index contributed by atoms with van der Waals surface area (Å²) in [6.45, 7) is 4.19. The van der Waals surface area contributed by atoms with Crippen LogP contribution in [0.1, 0.15) is 23.0 Å². The summed E-state index contributed by atoms with van der Waals surface area (Å²) in [6.07, 6.45) is 1.04. The number of halogens is 1. The highest BCUT2D eigenvalue weighted by atomic mass is 35.5. The van der Waals surface area contributed by atoms with Gasteiger partial charge < -0.3 is 10.6 Å². The lowest BCUT2D eigenvalue weighted by molar-refractivity contribution is 0.0958. The average Bonchev–Trinajstić information content (AvgIpc) is 3.06. The zero-order chi connectivity index (χ0) is 16.7. The van der Waals surface area contributed by atoms with Crippen LogP contribution in [0.3, 0.4) is 0 Å². The molecule has 2 rings (SSSR count). The van der Waals surface area contributed by atoms with Gasteiger partial charge in [0.1, 0.15) is 4.21 Å². The summed E-state index contributed by atoms with van der Waals surface area (Å²) in [5.74, 6) is -0.247. The van der Waals surface area contributed by atoms with Gasteiger partial charge in [0, 0.05) is 13.1 Å². The number of carbonyl (C=O) groups excluding carboxylic acids is 1. The highest BCUT2D eigenvalue weighted by Crippen LogP contribution is 2.27. The van der Waals surface area contributed by atoms with E-state index in [1.165, 1.54) is 6.07 Å². The Labute approximate surface area is 152 Å². The number of benzene rings is 1. The third-order valence-electron chi connectivity index (χ3n) is 3.14. The molecule has 0 fully saturated rings. The van der Waals surface area contributed by atoms with Crippen molar-refractivity contribution in [3.8, 4) is 0 Å². The zero-order valence-electron chi connectivity index (χ0n) is 13.3. The lowest BCUT2D eigenvalue weighted by atomic mass is 10.4. The van der Waals surface area contributed by atoms with Gasteiger partial charge in [-0.05, 0) is 37.2 Å². The van der Waals surface area contributed by atoms with Gasteiger partial charge in [0.25, 0.3) is 5.91 Å². The topological polar surface area (TPSA) is 75.3 Å². The van der Waals surface area contributed by atoms with Crippen LogP contribution in [-0.4, -0.2) is 34.0 Å². The predicted molar refractivity (Wildman–Crippen MR) is 99.0 cm³/mol. The Balaban J connectivity index is 0.00000288. The summed E-state index contributed by atoms with van der Waals surface area (Å²) in [7, 11) is -3.56. The molecule has 1 aromatic heterocycles. The number of rotatable bonds is 8. The molecule has 1 heterocycles. The number of hydrogen-bond donors (Lipinski definition) is 2. The van der Waals surface area contributed by atoms with Gasteiger partial charge in [-0.3, -0.25) is 4.79 Å². The van der Waals surface area contributed by atoms with Crippen molar-refractivity contribution >= 4 is 39.5 Å². The Bertz CT molecular complexity index is 746. The molecule has 5 nitrogen and oxygen atoms in total. The molecule has 132 valence electrons. The van der Waals surface area contributed by atoms with Crippen LogP contribution in [0.2, 0.25) is 0 Å². The van der Waals surface area contributed by atoms with E-state index in [0.29, 0.717) is 18.0 Å². The number of nitrogens with one attached hydrogen (secondary N) is 2. The van der Waals surface area contributed by atoms with Gasteiger partial charge >= 0.3 is 0 Å². The second kappa shape index (κ2) is 9.78. The average molecular weight is 389 g/mol. The molecule has 8 heteroatoms. The summed E-state index contributed by atoms with van der Waals surface area (Å²) in [5, 5.41) is 5.96. The van der Waals surface area contributed by atoms with E-state index in [-0.39, 0.29) is 27.4 Å². The molecule has 24 heavy (non-hydrogen) atoms. The standard InChI is InChI=1S/C16H20N2O3S2.ClH/c1-2-10-17-11-12-18-16(19)14-8-9-15(22-14)23(20,21)13-6-4-3-5-7-13;/h3-9,17H,2,10-12H2,1H3,(H,18,19);1H. The first kappa shape index (κ1) is 20.6. The van der Waals surface area contributed by atoms with E-state index in [1.54, 1.807) is 36.4 Å². The SMILES string of the molecule is CCCNCCNC(=O)c1ccc(S(=O)(=O)c2ccccc2)s1.Cl. The molecule has 0 saturated carbocycles. The molecule has 0 bridgehead atoms. The monoisotopic (exact) mass is 388 g/mol. The molecule has 0 spiro atoms. The Kier molecular flexibility index (Phi) is 8.41. The molecule has 2 aromatic rings.